The number of hydrogen-bond donors (Lipinski definition) is 1. The topological polar surface area (TPSA) is 35.2 Å². The third-order valence-corrected chi connectivity index (χ3v) is 3.77. The van der Waals surface area contributed by atoms with Crippen LogP contribution in [0.2, 0.25) is 0 Å². The number of nitrogens with two attached hydrogens (primary N) is 1. The fourth-order valence-corrected chi connectivity index (χ4v) is 3.05. The summed E-state index contributed by atoms with van der Waals surface area (Å²) in [5.74, 6) is 5.03. The van der Waals surface area contributed by atoms with Gasteiger partial charge in [-0.1, -0.05) is 12.1 Å². The van der Waals surface area contributed by atoms with Crippen LogP contribution in [0.25, 0.3) is 0 Å². The van der Waals surface area contributed by atoms with E-state index < -0.39 is 0 Å². The van der Waals surface area contributed by atoms with Crippen LogP contribution in [0.3, 0.4) is 0 Å². The van der Waals surface area contributed by atoms with Crippen LogP contribution in [0.15, 0.2) is 28.0 Å². The molecule has 0 atom stereocenters. The molecule has 0 heterocycles. The van der Waals surface area contributed by atoms with Gasteiger partial charge >= 0.3 is 0 Å². The maximum atomic E-state index is 5.03. The van der Waals surface area contributed by atoms with E-state index in [2.05, 4.69) is 35.5 Å². The lowest BCUT2D eigenvalue weighted by molar-refractivity contribution is 0.141. The molecule has 0 saturated heterocycles. The maximum absolute atomic E-state index is 5.03. The first-order chi connectivity index (χ1) is 6.83. The van der Waals surface area contributed by atoms with E-state index in [9.17, 15) is 0 Å². The predicted octanol–water partition coefficient (Wildman–Crippen LogP) is 2.56. The molecule has 0 spiro atoms. The van der Waals surface area contributed by atoms with Crippen molar-refractivity contribution in [1.29, 1.82) is 0 Å². The largest absolute Gasteiger partial charge is 0.304 e. The first-order valence-electron chi connectivity index (χ1n) is 4.35. The molecule has 0 aliphatic carbocycles. The Morgan fingerprint density at radius 3 is 2.64 bits per heavy atom. The van der Waals surface area contributed by atoms with Gasteiger partial charge in [-0.3, -0.25) is 0 Å². The smallest absolute Gasteiger partial charge is 0.0720 e. The second kappa shape index (κ2) is 6.35. The molecule has 2 N–H and O–H groups in total. The predicted molar refractivity (Wildman–Crippen MR) is 63.8 cm³/mol. The van der Waals surface area contributed by atoms with Crippen molar-refractivity contribution in [2.75, 3.05) is 19.1 Å². The molecule has 4 heteroatoms. The van der Waals surface area contributed by atoms with Gasteiger partial charge in [0.25, 0.3) is 0 Å². The van der Waals surface area contributed by atoms with Gasteiger partial charge in [-0.2, -0.15) is 0 Å². The fourth-order valence-electron chi connectivity index (χ4n) is 1.32. The molecule has 2 nitrogen and oxygen atoms in total. The van der Waals surface area contributed by atoms with Crippen LogP contribution in [0, 0.1) is 0 Å². The fraction of sp³-hybridized carbons (Fsp3) is 0.400. The van der Waals surface area contributed by atoms with Gasteiger partial charge in [0.2, 0.25) is 0 Å². The van der Waals surface area contributed by atoms with Crippen molar-refractivity contribution in [2.24, 2.45) is 5.90 Å². The van der Waals surface area contributed by atoms with Crippen LogP contribution in [0.4, 0.5) is 0 Å². The van der Waals surface area contributed by atoms with Gasteiger partial charge in [0, 0.05) is 9.79 Å². The first kappa shape index (κ1) is 11.9. The Hall–Kier alpha value is -0.160. The Bertz CT molecular complexity index is 291. The van der Waals surface area contributed by atoms with Gasteiger partial charge in [0.1, 0.15) is 0 Å². The Labute approximate surface area is 93.5 Å². The molecule has 0 saturated carbocycles. The van der Waals surface area contributed by atoms with Gasteiger partial charge in [0.15, 0.2) is 0 Å². The molecule has 0 aromatic heterocycles. The summed E-state index contributed by atoms with van der Waals surface area (Å²) in [6.45, 7) is 0.575. The first-order valence-corrected chi connectivity index (χ1v) is 6.80. The van der Waals surface area contributed by atoms with Gasteiger partial charge < -0.3 is 4.84 Å². The third kappa shape index (κ3) is 2.92. The van der Waals surface area contributed by atoms with Gasteiger partial charge in [-0.15, -0.1) is 23.5 Å². The van der Waals surface area contributed by atoms with Crippen molar-refractivity contribution < 1.29 is 4.84 Å². The highest BCUT2D eigenvalue weighted by Gasteiger charge is 2.05. The zero-order valence-electron chi connectivity index (χ0n) is 8.45. The van der Waals surface area contributed by atoms with Gasteiger partial charge in [-0.05, 0) is 30.6 Å². The minimum Gasteiger partial charge on any atom is -0.304 e. The summed E-state index contributed by atoms with van der Waals surface area (Å²) in [6.07, 6.45) is 5.07. The van der Waals surface area contributed by atoms with Crippen LogP contribution in [0.1, 0.15) is 5.56 Å². The average molecular weight is 229 g/mol. The lowest BCUT2D eigenvalue weighted by atomic mass is 10.2. The minimum absolute atomic E-state index is 0.575. The molecular formula is C10H15NOS2. The van der Waals surface area contributed by atoms with Crippen molar-refractivity contribution >= 4 is 23.5 Å². The third-order valence-electron chi connectivity index (χ3n) is 1.97. The van der Waals surface area contributed by atoms with E-state index in [0.29, 0.717) is 6.61 Å². The molecule has 0 amide bonds. The van der Waals surface area contributed by atoms with Crippen LogP contribution in [-0.2, 0) is 11.3 Å². The maximum Gasteiger partial charge on any atom is 0.0720 e. The van der Waals surface area contributed by atoms with Gasteiger partial charge in [-0.25, -0.2) is 5.90 Å². The van der Waals surface area contributed by atoms with Crippen molar-refractivity contribution in [3.8, 4) is 0 Å². The summed E-state index contributed by atoms with van der Waals surface area (Å²) in [4.78, 5) is 7.27. The Morgan fingerprint density at radius 1 is 1.29 bits per heavy atom. The molecule has 1 aromatic carbocycles. The quantitative estimate of drug-likeness (QED) is 0.622. The summed E-state index contributed by atoms with van der Waals surface area (Å²) in [5.41, 5.74) is 1.31. The van der Waals surface area contributed by atoms with E-state index >= 15 is 0 Å². The van der Waals surface area contributed by atoms with E-state index in [-0.39, 0.29) is 0 Å². The van der Waals surface area contributed by atoms with Crippen LogP contribution in [-0.4, -0.2) is 19.1 Å². The Balaban J connectivity index is 2.90. The van der Waals surface area contributed by atoms with E-state index in [1.807, 2.05) is 0 Å². The molecule has 78 valence electrons. The van der Waals surface area contributed by atoms with Crippen LogP contribution in [0.5, 0.6) is 0 Å². The van der Waals surface area contributed by atoms with E-state index in [1.54, 1.807) is 23.5 Å². The summed E-state index contributed by atoms with van der Waals surface area (Å²) < 4.78 is 0. The second-order valence-electron chi connectivity index (χ2n) is 2.77. The molecule has 1 rings (SSSR count). The lowest BCUT2D eigenvalue weighted by Crippen LogP contribution is -2.04. The van der Waals surface area contributed by atoms with Crippen molar-refractivity contribution in [3.05, 3.63) is 23.8 Å². The molecule has 0 fully saturated rings. The summed E-state index contributed by atoms with van der Waals surface area (Å²) in [7, 11) is 0. The number of thioether (sulfide) groups is 2. The molecule has 1 aromatic rings. The van der Waals surface area contributed by atoms with E-state index in [0.717, 1.165) is 6.42 Å². The zero-order valence-corrected chi connectivity index (χ0v) is 10.1. The van der Waals surface area contributed by atoms with Gasteiger partial charge in [0.05, 0.1) is 6.61 Å². The standard InChI is InChI=1S/C10H15NOS2/c1-13-9-5-3-4-8(6-7-12-11)10(9)14-2/h3-5H,6-7,11H2,1-2H3. The lowest BCUT2D eigenvalue weighted by Gasteiger charge is -2.10. The number of benzene rings is 1. The Morgan fingerprint density at radius 2 is 2.07 bits per heavy atom. The molecule has 0 unspecified atom stereocenters. The van der Waals surface area contributed by atoms with Crippen LogP contribution >= 0.6 is 23.5 Å². The normalized spacial score (nSPS) is 10.5. The van der Waals surface area contributed by atoms with Crippen molar-refractivity contribution in [3.63, 3.8) is 0 Å². The zero-order chi connectivity index (χ0) is 10.4. The van der Waals surface area contributed by atoms with Crippen molar-refractivity contribution in [2.45, 2.75) is 16.2 Å². The minimum atomic E-state index is 0.575. The number of hydrogen-bond acceptors (Lipinski definition) is 4. The Kier molecular flexibility index (Phi) is 5.40. The molecule has 0 bridgehead atoms. The van der Waals surface area contributed by atoms with E-state index in [1.165, 1.54) is 15.4 Å². The molecule has 0 aliphatic heterocycles. The molecule has 14 heavy (non-hydrogen) atoms. The highest BCUT2D eigenvalue weighted by Crippen LogP contribution is 2.31. The molecule has 0 radical (unpaired) electrons. The second-order valence-corrected chi connectivity index (χ2v) is 4.44. The average Bonchev–Trinajstić information content (AvgIpc) is 2.25. The van der Waals surface area contributed by atoms with E-state index in [4.69, 9.17) is 5.90 Å². The molecule has 0 aliphatic rings. The summed E-state index contributed by atoms with van der Waals surface area (Å²) >= 11 is 3.55. The number of rotatable bonds is 5. The summed E-state index contributed by atoms with van der Waals surface area (Å²) in [5, 5.41) is 0. The highest BCUT2D eigenvalue weighted by molar-refractivity contribution is 8.01. The highest BCUT2D eigenvalue weighted by atomic mass is 32.2. The monoisotopic (exact) mass is 229 g/mol. The van der Waals surface area contributed by atoms with Crippen molar-refractivity contribution in [1.82, 2.24) is 0 Å². The van der Waals surface area contributed by atoms with Crippen LogP contribution < -0.4 is 5.90 Å². The summed E-state index contributed by atoms with van der Waals surface area (Å²) in [6, 6.07) is 6.35. The molecular weight excluding hydrogens is 214 g/mol. The SMILES string of the molecule is CSc1cccc(CCON)c1SC.